The van der Waals surface area contributed by atoms with E-state index in [0.717, 1.165) is 44.3 Å². The smallest absolute Gasteiger partial charge is 0.121 e. The fourth-order valence-electron chi connectivity index (χ4n) is 4.81. The topological polar surface area (TPSA) is 56.8 Å². The van der Waals surface area contributed by atoms with Crippen LogP contribution in [0.15, 0.2) is 24.4 Å². The molecule has 1 fully saturated rings. The molecule has 2 heterocycles. The summed E-state index contributed by atoms with van der Waals surface area (Å²) in [7, 11) is 0. The van der Waals surface area contributed by atoms with E-state index in [1.165, 1.54) is 67.6 Å². The minimum atomic E-state index is 0.411. The third-order valence-electron chi connectivity index (χ3n) is 6.53. The standard InChI is InChI=1S/C24H33N5/c1-2-10-21-20(9-1)27-23(28-21)17-29(16-4-3-14-25-19-12-13-19)22-11-5-7-18-8-6-15-26-24(18)22/h1,6,8-9,15,19,22,25H,2-5,7,10-14,16-17H2,(H,27,28). The van der Waals surface area contributed by atoms with Gasteiger partial charge in [-0.3, -0.25) is 9.88 Å². The van der Waals surface area contributed by atoms with Crippen molar-refractivity contribution in [1.82, 2.24) is 25.2 Å². The van der Waals surface area contributed by atoms with Crippen LogP contribution in [0.25, 0.3) is 6.08 Å². The molecule has 5 nitrogen and oxygen atoms in total. The quantitative estimate of drug-likeness (QED) is 0.630. The first-order chi connectivity index (χ1) is 14.4. The molecule has 2 aromatic heterocycles. The van der Waals surface area contributed by atoms with Crippen LogP contribution < -0.4 is 5.32 Å². The molecule has 0 aliphatic heterocycles. The van der Waals surface area contributed by atoms with Gasteiger partial charge in [0, 0.05) is 12.2 Å². The third-order valence-corrected chi connectivity index (χ3v) is 6.53. The lowest BCUT2D eigenvalue weighted by molar-refractivity contribution is 0.159. The lowest BCUT2D eigenvalue weighted by Gasteiger charge is -2.34. The van der Waals surface area contributed by atoms with Crippen LogP contribution in [0, 0.1) is 0 Å². The van der Waals surface area contributed by atoms with Crippen LogP contribution in [0.2, 0.25) is 0 Å². The first kappa shape index (κ1) is 19.0. The van der Waals surface area contributed by atoms with Crippen LogP contribution >= 0.6 is 0 Å². The van der Waals surface area contributed by atoms with Crippen molar-refractivity contribution in [3.63, 3.8) is 0 Å². The number of nitrogens with zero attached hydrogens (tertiary/aromatic N) is 3. The number of aromatic amines is 1. The van der Waals surface area contributed by atoms with Gasteiger partial charge in [-0.05, 0) is 88.6 Å². The summed E-state index contributed by atoms with van der Waals surface area (Å²) < 4.78 is 0. The SMILES string of the molecule is C1=Cc2[nH]c(CN(CCCCNC3CC3)C3CCCc4cccnc43)nc2CC1. The van der Waals surface area contributed by atoms with Crippen molar-refractivity contribution in [3.05, 3.63) is 52.9 Å². The summed E-state index contributed by atoms with van der Waals surface area (Å²) in [6.07, 6.45) is 17.4. The van der Waals surface area contributed by atoms with Gasteiger partial charge >= 0.3 is 0 Å². The number of hydrogen-bond donors (Lipinski definition) is 2. The second-order valence-corrected chi connectivity index (χ2v) is 8.85. The van der Waals surface area contributed by atoms with Crippen molar-refractivity contribution in [3.8, 4) is 0 Å². The Labute approximate surface area is 174 Å². The number of pyridine rings is 1. The van der Waals surface area contributed by atoms with Crippen molar-refractivity contribution in [2.45, 2.75) is 76.4 Å². The number of rotatable bonds is 9. The molecule has 0 amide bonds. The van der Waals surface area contributed by atoms with Crippen molar-refractivity contribution in [1.29, 1.82) is 0 Å². The van der Waals surface area contributed by atoms with E-state index in [-0.39, 0.29) is 0 Å². The number of unbranched alkanes of at least 4 members (excludes halogenated alkanes) is 1. The Morgan fingerprint density at radius 3 is 3.03 bits per heavy atom. The molecule has 5 rings (SSSR count). The Balaban J connectivity index is 1.30. The predicted molar refractivity (Wildman–Crippen MR) is 117 cm³/mol. The molecule has 3 aliphatic rings. The summed E-state index contributed by atoms with van der Waals surface area (Å²) in [4.78, 5) is 16.0. The molecule has 0 aromatic carbocycles. The first-order valence-corrected chi connectivity index (χ1v) is 11.5. The highest BCUT2D eigenvalue weighted by Crippen LogP contribution is 2.34. The Morgan fingerprint density at radius 2 is 2.14 bits per heavy atom. The minimum absolute atomic E-state index is 0.411. The number of nitrogens with one attached hydrogen (secondary N) is 2. The first-order valence-electron chi connectivity index (χ1n) is 11.5. The van der Waals surface area contributed by atoms with Gasteiger partial charge in [-0.2, -0.15) is 0 Å². The van der Waals surface area contributed by atoms with E-state index < -0.39 is 0 Å². The molecule has 29 heavy (non-hydrogen) atoms. The average Bonchev–Trinajstić information content (AvgIpc) is 3.49. The number of imidazole rings is 1. The van der Waals surface area contributed by atoms with Crippen molar-refractivity contribution in [2.75, 3.05) is 13.1 Å². The molecule has 1 unspecified atom stereocenters. The summed E-state index contributed by atoms with van der Waals surface area (Å²) >= 11 is 0. The van der Waals surface area contributed by atoms with E-state index in [2.05, 4.69) is 39.5 Å². The van der Waals surface area contributed by atoms with E-state index in [0.29, 0.717) is 6.04 Å². The fraction of sp³-hybridized carbons (Fsp3) is 0.583. The van der Waals surface area contributed by atoms with Crippen LogP contribution in [0.1, 0.15) is 79.5 Å². The molecule has 0 radical (unpaired) electrons. The maximum Gasteiger partial charge on any atom is 0.121 e. The van der Waals surface area contributed by atoms with Crippen LogP contribution in [0.4, 0.5) is 0 Å². The number of allylic oxidation sites excluding steroid dienone is 1. The number of hydrogen-bond acceptors (Lipinski definition) is 4. The summed E-state index contributed by atoms with van der Waals surface area (Å²) in [5.74, 6) is 1.11. The molecule has 3 aliphatic carbocycles. The monoisotopic (exact) mass is 391 g/mol. The van der Waals surface area contributed by atoms with Gasteiger partial charge in [-0.1, -0.05) is 12.1 Å². The largest absolute Gasteiger partial charge is 0.341 e. The van der Waals surface area contributed by atoms with Gasteiger partial charge < -0.3 is 10.3 Å². The highest BCUT2D eigenvalue weighted by Gasteiger charge is 2.28. The normalized spacial score (nSPS) is 20.7. The van der Waals surface area contributed by atoms with Crippen LogP contribution in [-0.4, -0.2) is 39.0 Å². The molecule has 1 saturated carbocycles. The van der Waals surface area contributed by atoms with E-state index >= 15 is 0 Å². The maximum atomic E-state index is 4.94. The molecule has 1 atom stereocenters. The highest BCUT2D eigenvalue weighted by molar-refractivity contribution is 5.50. The Hall–Kier alpha value is -1.98. The van der Waals surface area contributed by atoms with E-state index in [1.54, 1.807) is 0 Å². The molecule has 0 spiro atoms. The highest BCUT2D eigenvalue weighted by atomic mass is 15.2. The molecule has 0 saturated heterocycles. The molecule has 154 valence electrons. The number of aryl methyl sites for hydroxylation is 2. The molecular formula is C24H33N5. The summed E-state index contributed by atoms with van der Waals surface area (Å²) in [6.45, 7) is 3.14. The lowest BCUT2D eigenvalue weighted by Crippen LogP contribution is -2.33. The van der Waals surface area contributed by atoms with Gasteiger partial charge in [-0.15, -0.1) is 0 Å². The lowest BCUT2D eigenvalue weighted by atomic mass is 9.90. The molecule has 2 N–H and O–H groups in total. The Kier molecular flexibility index (Phi) is 5.77. The second kappa shape index (κ2) is 8.80. The molecule has 0 bridgehead atoms. The van der Waals surface area contributed by atoms with Gasteiger partial charge in [0.25, 0.3) is 0 Å². The summed E-state index contributed by atoms with van der Waals surface area (Å²) in [5, 5.41) is 3.65. The zero-order valence-corrected chi connectivity index (χ0v) is 17.4. The zero-order valence-electron chi connectivity index (χ0n) is 17.4. The van der Waals surface area contributed by atoms with Gasteiger partial charge in [0.2, 0.25) is 0 Å². The van der Waals surface area contributed by atoms with Crippen LogP contribution in [0.5, 0.6) is 0 Å². The van der Waals surface area contributed by atoms with Gasteiger partial charge in [-0.25, -0.2) is 4.98 Å². The fourth-order valence-corrected chi connectivity index (χ4v) is 4.81. The van der Waals surface area contributed by atoms with Crippen molar-refractivity contribution >= 4 is 6.08 Å². The number of aromatic nitrogens is 3. The Bertz CT molecular complexity index is 851. The summed E-state index contributed by atoms with van der Waals surface area (Å²) in [5.41, 5.74) is 5.18. The molecule has 5 heteroatoms. The molecule has 2 aromatic rings. The maximum absolute atomic E-state index is 4.94. The zero-order chi connectivity index (χ0) is 19.5. The summed E-state index contributed by atoms with van der Waals surface area (Å²) in [6, 6.07) is 5.57. The van der Waals surface area contributed by atoms with E-state index in [9.17, 15) is 0 Å². The van der Waals surface area contributed by atoms with E-state index in [1.807, 2.05) is 6.20 Å². The average molecular weight is 392 g/mol. The van der Waals surface area contributed by atoms with Crippen LogP contribution in [0.3, 0.4) is 0 Å². The van der Waals surface area contributed by atoms with Gasteiger partial charge in [0.1, 0.15) is 5.82 Å². The Morgan fingerprint density at radius 1 is 1.17 bits per heavy atom. The number of H-pyrrole nitrogens is 1. The van der Waals surface area contributed by atoms with Gasteiger partial charge in [0.15, 0.2) is 0 Å². The van der Waals surface area contributed by atoms with Crippen molar-refractivity contribution in [2.24, 2.45) is 0 Å². The number of fused-ring (bicyclic) bond motifs is 2. The minimum Gasteiger partial charge on any atom is -0.341 e. The predicted octanol–water partition coefficient (Wildman–Crippen LogP) is 4.18. The van der Waals surface area contributed by atoms with E-state index in [4.69, 9.17) is 9.97 Å². The second-order valence-electron chi connectivity index (χ2n) is 8.85. The van der Waals surface area contributed by atoms with Crippen LogP contribution in [-0.2, 0) is 19.4 Å². The third kappa shape index (κ3) is 4.62. The van der Waals surface area contributed by atoms with Gasteiger partial charge in [0.05, 0.1) is 29.7 Å². The van der Waals surface area contributed by atoms with Crippen molar-refractivity contribution < 1.29 is 0 Å². The molecular weight excluding hydrogens is 358 g/mol.